The molecule has 18 heavy (non-hydrogen) atoms. The zero-order chi connectivity index (χ0) is 12.8. The summed E-state index contributed by atoms with van der Waals surface area (Å²) in [7, 11) is 0. The molecule has 6 heteroatoms. The van der Waals surface area contributed by atoms with Crippen molar-refractivity contribution in [1.82, 2.24) is 20.1 Å². The fourth-order valence-corrected chi connectivity index (χ4v) is 2.60. The van der Waals surface area contributed by atoms with Crippen LogP contribution < -0.4 is 4.90 Å². The number of aromatic nitrogens is 3. The normalized spacial score (nSPS) is 26.2. The number of piperazine rings is 1. The molecule has 0 bridgehead atoms. The Balaban J connectivity index is 1.56. The van der Waals surface area contributed by atoms with Crippen molar-refractivity contribution in [3.05, 3.63) is 6.33 Å². The zero-order valence-corrected chi connectivity index (χ0v) is 10.9. The van der Waals surface area contributed by atoms with Crippen LogP contribution in [0, 0.1) is 11.3 Å². The van der Waals surface area contributed by atoms with Gasteiger partial charge < -0.3 is 9.80 Å². The van der Waals surface area contributed by atoms with Crippen LogP contribution >= 0.6 is 0 Å². The van der Waals surface area contributed by atoms with Gasteiger partial charge in [0.1, 0.15) is 6.33 Å². The van der Waals surface area contributed by atoms with E-state index in [1.165, 1.54) is 6.33 Å². The van der Waals surface area contributed by atoms with E-state index in [1.807, 2.05) is 4.90 Å². The molecule has 1 aliphatic heterocycles. The second-order valence-corrected chi connectivity index (χ2v) is 5.87. The van der Waals surface area contributed by atoms with Crippen LogP contribution in [-0.4, -0.2) is 52.2 Å². The quantitative estimate of drug-likeness (QED) is 0.829. The van der Waals surface area contributed by atoms with Gasteiger partial charge in [0.05, 0.1) is 0 Å². The van der Waals surface area contributed by atoms with Crippen molar-refractivity contribution in [1.29, 1.82) is 0 Å². The van der Waals surface area contributed by atoms with E-state index in [0.717, 1.165) is 38.5 Å². The Hall–Kier alpha value is -1.59. The van der Waals surface area contributed by atoms with Crippen molar-refractivity contribution in [2.45, 2.75) is 20.3 Å². The predicted octanol–water partition coefficient (Wildman–Crippen LogP) is 0.499. The lowest BCUT2D eigenvalue weighted by atomic mass is 10.1. The van der Waals surface area contributed by atoms with E-state index in [2.05, 4.69) is 33.9 Å². The van der Waals surface area contributed by atoms with Crippen LogP contribution in [0.4, 0.5) is 5.95 Å². The van der Waals surface area contributed by atoms with Gasteiger partial charge in [-0.25, -0.2) is 5.10 Å². The van der Waals surface area contributed by atoms with Crippen LogP contribution in [0.1, 0.15) is 20.3 Å². The van der Waals surface area contributed by atoms with E-state index < -0.39 is 0 Å². The predicted molar refractivity (Wildman–Crippen MR) is 67.1 cm³/mol. The van der Waals surface area contributed by atoms with Gasteiger partial charge in [-0.1, -0.05) is 13.8 Å². The van der Waals surface area contributed by atoms with Crippen LogP contribution in [0.3, 0.4) is 0 Å². The third-order valence-corrected chi connectivity index (χ3v) is 4.10. The second-order valence-electron chi connectivity index (χ2n) is 5.87. The summed E-state index contributed by atoms with van der Waals surface area (Å²) in [6.45, 7) is 7.56. The Morgan fingerprint density at radius 1 is 1.39 bits per heavy atom. The monoisotopic (exact) mass is 249 g/mol. The molecule has 0 spiro atoms. The van der Waals surface area contributed by atoms with Gasteiger partial charge in [-0.3, -0.25) is 4.79 Å². The summed E-state index contributed by atoms with van der Waals surface area (Å²) in [4.78, 5) is 20.5. The molecular formula is C12H19N5O. The molecule has 2 aliphatic rings. The van der Waals surface area contributed by atoms with Gasteiger partial charge in [0.25, 0.3) is 0 Å². The summed E-state index contributed by atoms with van der Waals surface area (Å²) in [5.74, 6) is 1.38. The number of anilines is 1. The summed E-state index contributed by atoms with van der Waals surface area (Å²) < 4.78 is 0. The molecule has 1 atom stereocenters. The highest BCUT2D eigenvalue weighted by Crippen LogP contribution is 2.52. The maximum atomic E-state index is 12.2. The maximum absolute atomic E-state index is 12.2. The standard InChI is InChI=1S/C12H19N5O/c1-12(2)7-9(12)10(18)16-3-5-17(6-4-16)11-13-8-14-15-11/h8-9H,3-7H2,1-2H3,(H,13,14,15)/t9-/m0/s1. The summed E-state index contributed by atoms with van der Waals surface area (Å²) in [6, 6.07) is 0. The smallest absolute Gasteiger partial charge is 0.226 e. The first-order valence-electron chi connectivity index (χ1n) is 6.47. The molecule has 6 nitrogen and oxygen atoms in total. The summed E-state index contributed by atoms with van der Waals surface area (Å²) in [6.07, 6.45) is 2.55. The van der Waals surface area contributed by atoms with Crippen molar-refractivity contribution >= 4 is 11.9 Å². The molecule has 1 aliphatic carbocycles. The van der Waals surface area contributed by atoms with E-state index in [1.54, 1.807) is 0 Å². The SMILES string of the molecule is CC1(C)C[C@H]1C(=O)N1CCN(c2ncn[nH]2)CC1. The van der Waals surface area contributed by atoms with Gasteiger partial charge in [-0.05, 0) is 11.8 Å². The van der Waals surface area contributed by atoms with Gasteiger partial charge in [-0.2, -0.15) is 10.1 Å². The van der Waals surface area contributed by atoms with E-state index in [0.29, 0.717) is 5.91 Å². The molecule has 2 heterocycles. The fourth-order valence-electron chi connectivity index (χ4n) is 2.60. The Kier molecular flexibility index (Phi) is 2.53. The van der Waals surface area contributed by atoms with E-state index in [9.17, 15) is 4.79 Å². The molecule has 1 aromatic heterocycles. The van der Waals surface area contributed by atoms with Crippen LogP contribution in [0.25, 0.3) is 0 Å². The Bertz CT molecular complexity index is 433. The van der Waals surface area contributed by atoms with Gasteiger partial charge in [0.2, 0.25) is 11.9 Å². The second kappa shape index (κ2) is 3.96. The van der Waals surface area contributed by atoms with E-state index in [-0.39, 0.29) is 11.3 Å². The van der Waals surface area contributed by atoms with Crippen molar-refractivity contribution in [2.75, 3.05) is 31.1 Å². The highest BCUT2D eigenvalue weighted by molar-refractivity contribution is 5.82. The molecule has 0 radical (unpaired) electrons. The van der Waals surface area contributed by atoms with E-state index >= 15 is 0 Å². The molecule has 3 rings (SSSR count). The number of carbonyl (C=O) groups excluding carboxylic acids is 1. The molecule has 0 unspecified atom stereocenters. The Labute approximate surface area is 106 Å². The first-order chi connectivity index (χ1) is 8.58. The lowest BCUT2D eigenvalue weighted by Crippen LogP contribution is -2.49. The van der Waals surface area contributed by atoms with Crippen molar-refractivity contribution < 1.29 is 4.79 Å². The highest BCUT2D eigenvalue weighted by atomic mass is 16.2. The van der Waals surface area contributed by atoms with Crippen LogP contribution in [0.2, 0.25) is 0 Å². The first-order valence-corrected chi connectivity index (χ1v) is 6.47. The number of nitrogens with one attached hydrogen (secondary N) is 1. The summed E-state index contributed by atoms with van der Waals surface area (Å²) in [5.41, 5.74) is 0.221. The van der Waals surface area contributed by atoms with Crippen molar-refractivity contribution in [3.63, 3.8) is 0 Å². The lowest BCUT2D eigenvalue weighted by Gasteiger charge is -2.34. The van der Waals surface area contributed by atoms with Gasteiger partial charge in [0.15, 0.2) is 0 Å². The van der Waals surface area contributed by atoms with E-state index in [4.69, 9.17) is 0 Å². The summed E-state index contributed by atoms with van der Waals surface area (Å²) >= 11 is 0. The minimum absolute atomic E-state index is 0.221. The number of carbonyl (C=O) groups is 1. The van der Waals surface area contributed by atoms with Crippen LogP contribution in [0.15, 0.2) is 6.33 Å². The number of hydrogen-bond donors (Lipinski definition) is 1. The molecule has 1 amide bonds. The Morgan fingerprint density at radius 3 is 2.56 bits per heavy atom. The molecule has 1 N–H and O–H groups in total. The number of H-pyrrole nitrogens is 1. The fraction of sp³-hybridized carbons (Fsp3) is 0.750. The highest BCUT2D eigenvalue weighted by Gasteiger charge is 2.52. The number of amides is 1. The molecule has 1 saturated heterocycles. The third-order valence-electron chi connectivity index (χ3n) is 4.10. The van der Waals surface area contributed by atoms with Gasteiger partial charge in [-0.15, -0.1) is 0 Å². The summed E-state index contributed by atoms with van der Waals surface area (Å²) in [5, 5.41) is 6.71. The molecule has 1 saturated carbocycles. The van der Waals surface area contributed by atoms with Crippen molar-refractivity contribution in [2.24, 2.45) is 11.3 Å². The number of hydrogen-bond acceptors (Lipinski definition) is 4. The minimum atomic E-state index is 0.221. The topological polar surface area (TPSA) is 65.1 Å². The Morgan fingerprint density at radius 2 is 2.06 bits per heavy atom. The molecule has 1 aromatic rings. The number of rotatable bonds is 2. The molecule has 2 fully saturated rings. The number of nitrogens with zero attached hydrogens (tertiary/aromatic N) is 4. The lowest BCUT2D eigenvalue weighted by molar-refractivity contribution is -0.133. The zero-order valence-electron chi connectivity index (χ0n) is 10.9. The average molecular weight is 249 g/mol. The molecule has 98 valence electrons. The molecule has 0 aromatic carbocycles. The van der Waals surface area contributed by atoms with Crippen LogP contribution in [0.5, 0.6) is 0 Å². The van der Waals surface area contributed by atoms with Gasteiger partial charge in [0, 0.05) is 32.1 Å². The minimum Gasteiger partial charge on any atom is -0.339 e. The van der Waals surface area contributed by atoms with Gasteiger partial charge >= 0.3 is 0 Å². The third kappa shape index (κ3) is 1.95. The van der Waals surface area contributed by atoms with Crippen LogP contribution in [-0.2, 0) is 4.79 Å². The molecular weight excluding hydrogens is 230 g/mol. The first kappa shape index (κ1) is 11.5. The number of aromatic amines is 1. The maximum Gasteiger partial charge on any atom is 0.226 e. The largest absolute Gasteiger partial charge is 0.339 e. The average Bonchev–Trinajstić information content (AvgIpc) is 2.82. The van der Waals surface area contributed by atoms with Crippen molar-refractivity contribution in [3.8, 4) is 0 Å².